The van der Waals surface area contributed by atoms with Gasteiger partial charge in [0.1, 0.15) is 0 Å². The Kier molecular flexibility index (Phi) is 7.45. The predicted octanol–water partition coefficient (Wildman–Crippen LogP) is 3.45. The molecule has 1 fully saturated rings. The Labute approximate surface area is 164 Å². The molecule has 1 saturated heterocycles. The van der Waals surface area contributed by atoms with E-state index in [0.29, 0.717) is 34.9 Å². The minimum Gasteiger partial charge on any atom is -0.337 e. The zero-order valence-electron chi connectivity index (χ0n) is 14.2. The van der Waals surface area contributed by atoms with E-state index in [0.717, 1.165) is 19.5 Å². The van der Waals surface area contributed by atoms with Gasteiger partial charge in [-0.05, 0) is 49.4 Å². The summed E-state index contributed by atoms with van der Waals surface area (Å²) >= 11 is 5.86. The monoisotopic (exact) mass is 393 g/mol. The molecule has 0 bridgehead atoms. The van der Waals surface area contributed by atoms with Gasteiger partial charge in [0, 0.05) is 30.2 Å². The molecule has 2 amide bonds. The van der Waals surface area contributed by atoms with Crippen LogP contribution in [0.5, 0.6) is 0 Å². The lowest BCUT2D eigenvalue weighted by Crippen LogP contribution is -2.34. The first-order chi connectivity index (χ1) is 12.1. The van der Waals surface area contributed by atoms with Crippen LogP contribution in [0.2, 0.25) is 5.02 Å². The third-order valence-corrected chi connectivity index (χ3v) is 4.39. The Morgan fingerprint density at radius 2 is 1.73 bits per heavy atom. The first-order valence-corrected chi connectivity index (χ1v) is 8.69. The third-order valence-electron chi connectivity index (χ3n) is 4.14. The van der Waals surface area contributed by atoms with Crippen LogP contribution in [0.3, 0.4) is 0 Å². The van der Waals surface area contributed by atoms with E-state index in [4.69, 9.17) is 11.6 Å². The molecule has 3 rings (SSSR count). The molecule has 2 aromatic rings. The van der Waals surface area contributed by atoms with Crippen LogP contribution in [0.25, 0.3) is 0 Å². The van der Waals surface area contributed by atoms with Crippen molar-refractivity contribution in [2.45, 2.75) is 6.42 Å². The molecule has 1 heterocycles. The van der Waals surface area contributed by atoms with Gasteiger partial charge < -0.3 is 15.5 Å². The SMILES string of the molecule is Cl.O=C(Nc1ccccc1C(=O)N1CCCNCC1)c1ccc(Cl)cc1. The van der Waals surface area contributed by atoms with E-state index in [9.17, 15) is 9.59 Å². The van der Waals surface area contributed by atoms with Gasteiger partial charge in [-0.3, -0.25) is 9.59 Å². The number of benzene rings is 2. The van der Waals surface area contributed by atoms with Crippen molar-refractivity contribution in [1.29, 1.82) is 0 Å². The molecule has 0 aromatic heterocycles. The second-order valence-electron chi connectivity index (χ2n) is 5.90. The van der Waals surface area contributed by atoms with Crippen molar-refractivity contribution in [2.24, 2.45) is 0 Å². The number of nitrogens with zero attached hydrogens (tertiary/aromatic N) is 1. The van der Waals surface area contributed by atoms with Crippen molar-refractivity contribution < 1.29 is 9.59 Å². The predicted molar refractivity (Wildman–Crippen MR) is 106 cm³/mol. The molecule has 26 heavy (non-hydrogen) atoms. The summed E-state index contributed by atoms with van der Waals surface area (Å²) in [4.78, 5) is 27.1. The van der Waals surface area contributed by atoms with Gasteiger partial charge in [-0.2, -0.15) is 0 Å². The summed E-state index contributed by atoms with van der Waals surface area (Å²) in [6, 6.07) is 13.7. The van der Waals surface area contributed by atoms with Crippen molar-refractivity contribution in [3.05, 3.63) is 64.7 Å². The molecule has 138 valence electrons. The highest BCUT2D eigenvalue weighted by atomic mass is 35.5. The molecule has 0 radical (unpaired) electrons. The normalized spacial score (nSPS) is 14.1. The van der Waals surface area contributed by atoms with Gasteiger partial charge in [0.25, 0.3) is 11.8 Å². The van der Waals surface area contributed by atoms with E-state index < -0.39 is 0 Å². The summed E-state index contributed by atoms with van der Waals surface area (Å²) in [5.41, 5.74) is 1.52. The van der Waals surface area contributed by atoms with Crippen LogP contribution < -0.4 is 10.6 Å². The summed E-state index contributed by atoms with van der Waals surface area (Å²) in [5.74, 6) is -0.329. The number of para-hydroxylation sites is 1. The Bertz CT molecular complexity index is 758. The van der Waals surface area contributed by atoms with Crippen LogP contribution in [0.15, 0.2) is 48.5 Å². The number of carbonyl (C=O) groups excluding carboxylic acids is 2. The molecule has 5 nitrogen and oxygen atoms in total. The zero-order valence-corrected chi connectivity index (χ0v) is 15.8. The number of amides is 2. The first-order valence-electron chi connectivity index (χ1n) is 8.31. The number of halogens is 2. The maximum Gasteiger partial charge on any atom is 0.256 e. The van der Waals surface area contributed by atoms with Gasteiger partial charge in [0.05, 0.1) is 11.3 Å². The molecular formula is C19H21Cl2N3O2. The van der Waals surface area contributed by atoms with Gasteiger partial charge in [-0.15, -0.1) is 12.4 Å². The minimum atomic E-state index is -0.269. The largest absolute Gasteiger partial charge is 0.337 e. The van der Waals surface area contributed by atoms with Gasteiger partial charge in [-0.1, -0.05) is 23.7 Å². The average molecular weight is 394 g/mol. The molecular weight excluding hydrogens is 373 g/mol. The Morgan fingerprint density at radius 1 is 1.00 bits per heavy atom. The quantitative estimate of drug-likeness (QED) is 0.839. The second kappa shape index (κ2) is 9.57. The molecule has 0 atom stereocenters. The zero-order chi connectivity index (χ0) is 17.6. The van der Waals surface area contributed by atoms with Crippen molar-refractivity contribution in [1.82, 2.24) is 10.2 Å². The van der Waals surface area contributed by atoms with Crippen LogP contribution in [-0.4, -0.2) is 42.9 Å². The summed E-state index contributed by atoms with van der Waals surface area (Å²) in [5, 5.41) is 6.69. The molecule has 0 saturated carbocycles. The third kappa shape index (κ3) is 4.97. The number of anilines is 1. The summed E-state index contributed by atoms with van der Waals surface area (Å²) in [6.45, 7) is 3.08. The van der Waals surface area contributed by atoms with Crippen molar-refractivity contribution in [2.75, 3.05) is 31.5 Å². The van der Waals surface area contributed by atoms with Gasteiger partial charge in [0.15, 0.2) is 0 Å². The van der Waals surface area contributed by atoms with Gasteiger partial charge in [0.2, 0.25) is 0 Å². The lowest BCUT2D eigenvalue weighted by Gasteiger charge is -2.21. The Balaban J connectivity index is 0.00000243. The van der Waals surface area contributed by atoms with Crippen LogP contribution in [0.1, 0.15) is 27.1 Å². The number of hydrogen-bond acceptors (Lipinski definition) is 3. The molecule has 1 aliphatic heterocycles. The Hall–Kier alpha value is -2.08. The maximum atomic E-state index is 12.9. The molecule has 0 spiro atoms. The van der Waals surface area contributed by atoms with Crippen LogP contribution in [-0.2, 0) is 0 Å². The summed E-state index contributed by atoms with van der Waals surface area (Å²) < 4.78 is 0. The smallest absolute Gasteiger partial charge is 0.256 e. The topological polar surface area (TPSA) is 61.4 Å². The standard InChI is InChI=1S/C19H20ClN3O2.ClH/c20-15-8-6-14(7-9-15)18(24)22-17-5-2-1-4-16(17)19(25)23-12-3-10-21-11-13-23;/h1-2,4-9,21H,3,10-13H2,(H,22,24);1H. The van der Waals surface area contributed by atoms with Crippen LogP contribution in [0, 0.1) is 0 Å². The van der Waals surface area contributed by atoms with Gasteiger partial charge >= 0.3 is 0 Å². The van der Waals surface area contributed by atoms with E-state index in [2.05, 4.69) is 10.6 Å². The average Bonchev–Trinajstić information content (AvgIpc) is 2.91. The number of rotatable bonds is 3. The first kappa shape index (κ1) is 20.2. The number of nitrogens with one attached hydrogen (secondary N) is 2. The van der Waals surface area contributed by atoms with Crippen molar-refractivity contribution in [3.8, 4) is 0 Å². The second-order valence-corrected chi connectivity index (χ2v) is 6.34. The maximum absolute atomic E-state index is 12.9. The molecule has 2 aromatic carbocycles. The van der Waals surface area contributed by atoms with Crippen molar-refractivity contribution >= 4 is 41.5 Å². The lowest BCUT2D eigenvalue weighted by atomic mass is 10.1. The molecule has 0 unspecified atom stereocenters. The number of hydrogen-bond donors (Lipinski definition) is 2. The van der Waals surface area contributed by atoms with Crippen LogP contribution in [0.4, 0.5) is 5.69 Å². The molecule has 1 aliphatic rings. The Morgan fingerprint density at radius 3 is 2.50 bits per heavy atom. The van der Waals surface area contributed by atoms with E-state index >= 15 is 0 Å². The van der Waals surface area contributed by atoms with E-state index in [-0.39, 0.29) is 24.2 Å². The number of carbonyl (C=O) groups is 2. The molecule has 7 heteroatoms. The van der Waals surface area contributed by atoms with Gasteiger partial charge in [-0.25, -0.2) is 0 Å². The lowest BCUT2D eigenvalue weighted by molar-refractivity contribution is 0.0767. The summed E-state index contributed by atoms with van der Waals surface area (Å²) in [7, 11) is 0. The fraction of sp³-hybridized carbons (Fsp3) is 0.263. The highest BCUT2D eigenvalue weighted by Crippen LogP contribution is 2.19. The van der Waals surface area contributed by atoms with E-state index in [1.807, 2.05) is 4.90 Å². The van der Waals surface area contributed by atoms with Crippen molar-refractivity contribution in [3.63, 3.8) is 0 Å². The van der Waals surface area contributed by atoms with E-state index in [1.54, 1.807) is 48.5 Å². The fourth-order valence-electron chi connectivity index (χ4n) is 2.79. The van der Waals surface area contributed by atoms with E-state index in [1.165, 1.54) is 0 Å². The minimum absolute atomic E-state index is 0. The summed E-state index contributed by atoms with van der Waals surface area (Å²) in [6.07, 6.45) is 0.922. The molecule has 0 aliphatic carbocycles. The highest BCUT2D eigenvalue weighted by molar-refractivity contribution is 6.30. The molecule has 2 N–H and O–H groups in total. The highest BCUT2D eigenvalue weighted by Gasteiger charge is 2.20. The van der Waals surface area contributed by atoms with Crippen LogP contribution >= 0.6 is 24.0 Å². The fourth-order valence-corrected chi connectivity index (χ4v) is 2.92.